The van der Waals surface area contributed by atoms with Crippen molar-refractivity contribution in [3.05, 3.63) is 16.8 Å². The van der Waals surface area contributed by atoms with Crippen LogP contribution in [-0.4, -0.2) is 48.1 Å². The number of nitrogens with one attached hydrogen (secondary N) is 1. The second kappa shape index (κ2) is 8.03. The van der Waals surface area contributed by atoms with E-state index in [-0.39, 0.29) is 11.8 Å². The number of piperidine rings is 1. The number of ether oxygens (including phenoxy) is 1. The number of aryl methyl sites for hydroxylation is 2. The van der Waals surface area contributed by atoms with Gasteiger partial charge in [0.25, 0.3) is 0 Å². The molecule has 0 bridgehead atoms. The van der Waals surface area contributed by atoms with Gasteiger partial charge in [0, 0.05) is 23.9 Å². The van der Waals surface area contributed by atoms with Gasteiger partial charge in [-0.05, 0) is 51.0 Å². The van der Waals surface area contributed by atoms with Gasteiger partial charge in [0.1, 0.15) is 23.0 Å². The van der Waals surface area contributed by atoms with Crippen LogP contribution in [0, 0.1) is 5.92 Å². The number of aromatic nitrogens is 2. The molecule has 1 atom stereocenters. The number of hydrogen-bond donors (Lipinski definition) is 1. The standard InChI is InChI=1S/C20H26N4O3S/c1-12(20(26)27-2)23-18(25)13-7-9-24(10-8-13)17-16-14-5-3-4-6-15(14)28-19(16)22-11-21-17/h11-13H,3-10H2,1-2H3,(H,23,25)/t12-/m0/s1. The second-order valence-corrected chi connectivity index (χ2v) is 8.69. The largest absolute Gasteiger partial charge is 0.467 e. The van der Waals surface area contributed by atoms with Crippen LogP contribution in [0.2, 0.25) is 0 Å². The number of methoxy groups -OCH3 is 1. The van der Waals surface area contributed by atoms with E-state index in [1.165, 1.54) is 35.8 Å². The number of nitrogens with zero attached hydrogens (tertiary/aromatic N) is 3. The summed E-state index contributed by atoms with van der Waals surface area (Å²) in [4.78, 5) is 38.0. The molecule has 0 unspecified atom stereocenters. The summed E-state index contributed by atoms with van der Waals surface area (Å²) in [5, 5.41) is 3.99. The number of rotatable bonds is 4. The van der Waals surface area contributed by atoms with E-state index in [0.717, 1.165) is 49.4 Å². The van der Waals surface area contributed by atoms with Crippen molar-refractivity contribution >= 4 is 39.2 Å². The number of esters is 1. The first kappa shape index (κ1) is 19.1. The molecule has 150 valence electrons. The molecule has 1 N–H and O–H groups in total. The van der Waals surface area contributed by atoms with Crippen molar-refractivity contribution < 1.29 is 14.3 Å². The van der Waals surface area contributed by atoms with Crippen molar-refractivity contribution in [1.82, 2.24) is 15.3 Å². The van der Waals surface area contributed by atoms with Crippen molar-refractivity contribution in [2.24, 2.45) is 5.92 Å². The Morgan fingerprint density at radius 2 is 2.00 bits per heavy atom. The molecule has 1 aliphatic heterocycles. The van der Waals surface area contributed by atoms with Crippen LogP contribution in [0.15, 0.2) is 6.33 Å². The molecule has 7 nitrogen and oxygen atoms in total. The van der Waals surface area contributed by atoms with E-state index in [1.54, 1.807) is 13.3 Å². The molecule has 0 aromatic carbocycles. The molecule has 1 amide bonds. The van der Waals surface area contributed by atoms with Crippen molar-refractivity contribution in [1.29, 1.82) is 0 Å². The highest BCUT2D eigenvalue weighted by Crippen LogP contribution is 2.40. The fourth-order valence-electron chi connectivity index (χ4n) is 4.23. The lowest BCUT2D eigenvalue weighted by Crippen LogP contribution is -2.46. The van der Waals surface area contributed by atoms with Gasteiger partial charge in [-0.25, -0.2) is 14.8 Å². The monoisotopic (exact) mass is 402 g/mol. The van der Waals surface area contributed by atoms with Gasteiger partial charge in [-0.3, -0.25) is 4.79 Å². The summed E-state index contributed by atoms with van der Waals surface area (Å²) in [5.41, 5.74) is 1.44. The van der Waals surface area contributed by atoms with Crippen LogP contribution in [0.3, 0.4) is 0 Å². The van der Waals surface area contributed by atoms with Gasteiger partial charge >= 0.3 is 5.97 Å². The smallest absolute Gasteiger partial charge is 0.328 e. The molecule has 8 heteroatoms. The zero-order valence-corrected chi connectivity index (χ0v) is 17.2. The number of anilines is 1. The van der Waals surface area contributed by atoms with E-state index in [2.05, 4.69) is 24.9 Å². The number of thiophene rings is 1. The highest BCUT2D eigenvalue weighted by molar-refractivity contribution is 7.19. The van der Waals surface area contributed by atoms with Gasteiger partial charge in [-0.2, -0.15) is 0 Å². The minimum absolute atomic E-state index is 0.0710. The maximum Gasteiger partial charge on any atom is 0.328 e. The van der Waals surface area contributed by atoms with E-state index < -0.39 is 12.0 Å². The number of amides is 1. The summed E-state index contributed by atoms with van der Waals surface area (Å²) in [6.45, 7) is 3.21. The van der Waals surface area contributed by atoms with Crippen molar-refractivity contribution in [2.45, 2.75) is 51.5 Å². The molecule has 0 saturated carbocycles. The lowest BCUT2D eigenvalue weighted by Gasteiger charge is -2.33. The molecule has 1 aliphatic carbocycles. The van der Waals surface area contributed by atoms with Crippen molar-refractivity contribution in [3.8, 4) is 0 Å². The highest BCUT2D eigenvalue weighted by Gasteiger charge is 2.29. The van der Waals surface area contributed by atoms with Crippen LogP contribution in [0.1, 0.15) is 43.0 Å². The Hall–Kier alpha value is -2.22. The molecule has 0 spiro atoms. The van der Waals surface area contributed by atoms with Gasteiger partial charge in [0.05, 0.1) is 12.5 Å². The molecular formula is C20H26N4O3S. The zero-order chi connectivity index (χ0) is 19.7. The Bertz CT molecular complexity index is 889. The van der Waals surface area contributed by atoms with E-state index in [1.807, 2.05) is 11.3 Å². The van der Waals surface area contributed by atoms with E-state index in [4.69, 9.17) is 0 Å². The number of hydrogen-bond acceptors (Lipinski definition) is 7. The highest BCUT2D eigenvalue weighted by atomic mass is 32.1. The Balaban J connectivity index is 1.46. The van der Waals surface area contributed by atoms with Crippen LogP contribution < -0.4 is 10.2 Å². The van der Waals surface area contributed by atoms with Gasteiger partial charge in [-0.1, -0.05) is 0 Å². The molecule has 4 rings (SSSR count). The molecule has 28 heavy (non-hydrogen) atoms. The summed E-state index contributed by atoms with van der Waals surface area (Å²) in [7, 11) is 1.33. The summed E-state index contributed by atoms with van der Waals surface area (Å²) < 4.78 is 4.68. The predicted molar refractivity (Wildman–Crippen MR) is 109 cm³/mol. The molecule has 2 aliphatic rings. The Labute approximate surface area is 168 Å². The van der Waals surface area contributed by atoms with Crippen LogP contribution in [0.5, 0.6) is 0 Å². The average molecular weight is 403 g/mol. The van der Waals surface area contributed by atoms with Crippen molar-refractivity contribution in [2.75, 3.05) is 25.1 Å². The quantitative estimate of drug-likeness (QED) is 0.791. The maximum absolute atomic E-state index is 12.5. The number of carbonyl (C=O) groups excluding carboxylic acids is 2. The van der Waals surface area contributed by atoms with E-state index >= 15 is 0 Å². The fourth-order valence-corrected chi connectivity index (χ4v) is 5.46. The van der Waals surface area contributed by atoms with Crippen LogP contribution in [0.4, 0.5) is 5.82 Å². The summed E-state index contributed by atoms with van der Waals surface area (Å²) in [5.74, 6) is 0.443. The van der Waals surface area contributed by atoms with Gasteiger partial charge in [0.15, 0.2) is 0 Å². The minimum atomic E-state index is -0.616. The molecule has 1 fully saturated rings. The molecule has 3 heterocycles. The van der Waals surface area contributed by atoms with Gasteiger partial charge < -0.3 is 15.0 Å². The van der Waals surface area contributed by atoms with E-state index in [9.17, 15) is 9.59 Å². The topological polar surface area (TPSA) is 84.4 Å². The normalized spacial score (nSPS) is 18.6. The van der Waals surface area contributed by atoms with Crippen LogP contribution in [0.25, 0.3) is 10.2 Å². The summed E-state index contributed by atoms with van der Waals surface area (Å²) in [6, 6.07) is -0.616. The fraction of sp³-hybridized carbons (Fsp3) is 0.600. The Morgan fingerprint density at radius 1 is 1.25 bits per heavy atom. The third kappa shape index (κ3) is 3.57. The number of fused-ring (bicyclic) bond motifs is 3. The predicted octanol–water partition coefficient (Wildman–Crippen LogP) is 2.46. The Kier molecular flexibility index (Phi) is 5.48. The first-order chi connectivity index (χ1) is 13.6. The number of carbonyl (C=O) groups is 2. The third-order valence-electron chi connectivity index (χ3n) is 5.81. The lowest BCUT2D eigenvalue weighted by atomic mass is 9.94. The maximum atomic E-state index is 12.5. The third-order valence-corrected chi connectivity index (χ3v) is 7.01. The molecule has 2 aromatic rings. The molecular weight excluding hydrogens is 376 g/mol. The second-order valence-electron chi connectivity index (χ2n) is 7.60. The van der Waals surface area contributed by atoms with Gasteiger partial charge in [-0.15, -0.1) is 11.3 Å². The van der Waals surface area contributed by atoms with Crippen LogP contribution >= 0.6 is 11.3 Å². The van der Waals surface area contributed by atoms with Crippen molar-refractivity contribution in [3.63, 3.8) is 0 Å². The van der Waals surface area contributed by atoms with Crippen LogP contribution in [-0.2, 0) is 27.2 Å². The summed E-state index contributed by atoms with van der Waals surface area (Å²) >= 11 is 1.81. The zero-order valence-electron chi connectivity index (χ0n) is 16.4. The SMILES string of the molecule is COC(=O)[C@H](C)NC(=O)C1CCN(c2ncnc3sc4c(c23)CCCC4)CC1. The van der Waals surface area contributed by atoms with Gasteiger partial charge in [0.2, 0.25) is 5.91 Å². The Morgan fingerprint density at radius 3 is 2.75 bits per heavy atom. The summed E-state index contributed by atoms with van der Waals surface area (Å²) in [6.07, 6.45) is 7.91. The lowest BCUT2D eigenvalue weighted by molar-refractivity contribution is -0.145. The first-order valence-electron chi connectivity index (χ1n) is 9.97. The molecule has 0 radical (unpaired) electrons. The first-order valence-corrected chi connectivity index (χ1v) is 10.8. The average Bonchev–Trinajstić information content (AvgIpc) is 3.12. The van der Waals surface area contributed by atoms with E-state index in [0.29, 0.717) is 0 Å². The molecule has 2 aromatic heterocycles. The minimum Gasteiger partial charge on any atom is -0.467 e. The molecule has 1 saturated heterocycles.